The van der Waals surface area contributed by atoms with Crippen LogP contribution in [0, 0.1) is 0 Å². The maximum Gasteiger partial charge on any atom is 0.341 e. The van der Waals surface area contributed by atoms with Crippen molar-refractivity contribution in [3.63, 3.8) is 0 Å². The Labute approximate surface area is 362 Å². The van der Waals surface area contributed by atoms with Gasteiger partial charge in [-0.05, 0) is 121 Å². The summed E-state index contributed by atoms with van der Waals surface area (Å²) in [5.74, 6) is 0.699. The van der Waals surface area contributed by atoms with Crippen molar-refractivity contribution in [1.82, 2.24) is 0 Å². The van der Waals surface area contributed by atoms with Crippen molar-refractivity contribution in [2.45, 2.75) is 71.1 Å². The van der Waals surface area contributed by atoms with Crippen LogP contribution in [0.3, 0.4) is 0 Å². The Morgan fingerprint density at radius 1 is 0.603 bits per heavy atom. The van der Waals surface area contributed by atoms with Crippen molar-refractivity contribution >= 4 is 74.9 Å². The molecule has 58 heavy (non-hydrogen) atoms. The fourth-order valence-electron chi connectivity index (χ4n) is 7.40. The molecule has 1 aliphatic rings. The molecule has 0 aliphatic carbocycles. The molecule has 302 valence electrons. The summed E-state index contributed by atoms with van der Waals surface area (Å²) in [6.07, 6.45) is 8.07. The third-order valence-electron chi connectivity index (χ3n) is 10.3. The van der Waals surface area contributed by atoms with E-state index in [1.54, 1.807) is 14.2 Å². The van der Waals surface area contributed by atoms with Crippen LogP contribution in [0.1, 0.15) is 91.6 Å². The van der Waals surface area contributed by atoms with E-state index in [2.05, 4.69) is 62.6 Å². The Kier molecular flexibility index (Phi) is 14.1. The predicted octanol–water partition coefficient (Wildman–Crippen LogP) is 14.1. The minimum absolute atomic E-state index is 0.0156. The second kappa shape index (κ2) is 19.0. The summed E-state index contributed by atoms with van der Waals surface area (Å²) in [5.41, 5.74) is 5.57. The molecule has 2 N–H and O–H groups in total. The fourth-order valence-corrected chi connectivity index (χ4v) is 8.48. The molecule has 1 aliphatic heterocycles. The summed E-state index contributed by atoms with van der Waals surface area (Å²) in [6, 6.07) is 32.4. The quantitative estimate of drug-likeness (QED) is 0.0585. The Balaban J connectivity index is 1.66. The first-order chi connectivity index (χ1) is 27.9. The summed E-state index contributed by atoms with van der Waals surface area (Å²) < 4.78 is 17.6. The first-order valence-electron chi connectivity index (χ1n) is 19.5. The number of esters is 1. The zero-order valence-electron chi connectivity index (χ0n) is 33.5. The van der Waals surface area contributed by atoms with E-state index in [-0.39, 0.29) is 31.2 Å². The molecule has 2 atom stereocenters. The number of hydrogen-bond donors (Lipinski definition) is 2. The van der Waals surface area contributed by atoms with Gasteiger partial charge in [-0.1, -0.05) is 122 Å². The number of carbonyl (C=O) groups excluding carboxylic acids is 1. The molecule has 5 aromatic carbocycles. The molecular weight excluding hydrogens is 810 g/mol. The monoisotopic (exact) mass is 856 g/mol. The Hall–Kier alpha value is -4.59. The van der Waals surface area contributed by atoms with Crippen LogP contribution in [0.5, 0.6) is 11.5 Å². The highest BCUT2D eigenvalue weighted by molar-refractivity contribution is 6.53. The molecule has 0 bridgehead atoms. The van der Waals surface area contributed by atoms with Gasteiger partial charge in [-0.15, -0.1) is 0 Å². The van der Waals surface area contributed by atoms with Crippen molar-refractivity contribution in [2.75, 3.05) is 24.9 Å². The van der Waals surface area contributed by atoms with E-state index in [0.717, 1.165) is 70.5 Å². The van der Waals surface area contributed by atoms with Crippen molar-refractivity contribution in [2.24, 2.45) is 0 Å². The topological polar surface area (TPSA) is 68.8 Å². The van der Waals surface area contributed by atoms with Gasteiger partial charge in [0, 0.05) is 29.0 Å². The maximum atomic E-state index is 14.2. The van der Waals surface area contributed by atoms with E-state index in [0.29, 0.717) is 23.6 Å². The highest BCUT2D eigenvalue weighted by atomic mass is 35.5. The summed E-state index contributed by atoms with van der Waals surface area (Å²) in [5, 5.41) is 7.19. The largest absolute Gasteiger partial charge is 0.497 e. The van der Waals surface area contributed by atoms with Gasteiger partial charge in [0.2, 0.25) is 0 Å². The standard InChI is InChI=1S/C48H48Cl4N2O4/c1-7-9-29(3)53-35-19-11-31(12-20-35)39(33-15-23-37(56-5)24-16-33)27-48(42-41(47(55)58-48)43(49)45(51)46(52)44(42)50)28-40(34-17-25-38(57-6)26-18-34)32-13-21-36(22-14-32)54-30(4)10-8-2/h11-30,53-54H,7-10H2,1-6H3/b39-27-,40-28-. The number of anilines is 2. The number of halogens is 4. The Morgan fingerprint density at radius 3 is 1.33 bits per heavy atom. The van der Waals surface area contributed by atoms with Crippen LogP contribution in [-0.2, 0) is 10.3 Å². The van der Waals surface area contributed by atoms with Crippen LogP contribution >= 0.6 is 46.4 Å². The molecule has 0 fully saturated rings. The lowest BCUT2D eigenvalue weighted by Crippen LogP contribution is -2.23. The number of methoxy groups -OCH3 is 2. The van der Waals surface area contributed by atoms with Crippen molar-refractivity contribution in [3.8, 4) is 11.5 Å². The van der Waals surface area contributed by atoms with E-state index < -0.39 is 11.6 Å². The first kappa shape index (κ1) is 43.0. The normalized spacial score (nSPS) is 16.3. The van der Waals surface area contributed by atoms with Gasteiger partial charge >= 0.3 is 5.97 Å². The summed E-state index contributed by atoms with van der Waals surface area (Å²) in [4.78, 5) is 14.2. The van der Waals surface area contributed by atoms with Crippen molar-refractivity contribution in [3.05, 3.63) is 163 Å². The minimum Gasteiger partial charge on any atom is -0.497 e. The van der Waals surface area contributed by atoms with E-state index in [1.807, 2.05) is 84.9 Å². The van der Waals surface area contributed by atoms with Crippen LogP contribution < -0.4 is 20.1 Å². The van der Waals surface area contributed by atoms with Gasteiger partial charge in [0.05, 0.1) is 39.9 Å². The van der Waals surface area contributed by atoms with Crippen LogP contribution in [0.15, 0.2) is 109 Å². The van der Waals surface area contributed by atoms with Gasteiger partial charge in [-0.2, -0.15) is 0 Å². The van der Waals surface area contributed by atoms with E-state index in [1.165, 1.54) is 0 Å². The lowest BCUT2D eigenvalue weighted by atomic mass is 9.83. The molecular formula is C48H48Cl4N2O4. The SMILES string of the molecule is CCCC(C)Nc1ccc(/C(=C/C2(/C=C(/c3ccc(NC(C)CCC)cc3)c3ccc(OC)cc3)OC(=O)c3c(Cl)c(Cl)c(Cl)c(Cl)c32)c2ccc(OC)cc2)cc1. The molecule has 0 spiro atoms. The third kappa shape index (κ3) is 9.32. The number of benzene rings is 5. The molecule has 6 nitrogen and oxygen atoms in total. The van der Waals surface area contributed by atoms with E-state index in [9.17, 15) is 4.79 Å². The molecule has 0 saturated heterocycles. The lowest BCUT2D eigenvalue weighted by Gasteiger charge is -2.27. The number of fused-ring (bicyclic) bond motifs is 1. The summed E-state index contributed by atoms with van der Waals surface area (Å²) in [6.45, 7) is 8.69. The van der Waals surface area contributed by atoms with Crippen LogP contribution in [-0.4, -0.2) is 32.3 Å². The van der Waals surface area contributed by atoms with Gasteiger partial charge in [-0.3, -0.25) is 0 Å². The highest BCUT2D eigenvalue weighted by Crippen LogP contribution is 2.53. The molecule has 0 aromatic heterocycles. The number of hydrogen-bond acceptors (Lipinski definition) is 6. The van der Waals surface area contributed by atoms with Gasteiger partial charge in [0.15, 0.2) is 5.60 Å². The molecule has 0 saturated carbocycles. The molecule has 1 heterocycles. The van der Waals surface area contributed by atoms with Gasteiger partial charge in [0.25, 0.3) is 0 Å². The van der Waals surface area contributed by atoms with Gasteiger partial charge in [0.1, 0.15) is 11.5 Å². The molecule has 0 radical (unpaired) electrons. The zero-order chi connectivity index (χ0) is 41.6. The number of carbonyl (C=O) groups is 1. The predicted molar refractivity (Wildman–Crippen MR) is 243 cm³/mol. The van der Waals surface area contributed by atoms with Crippen molar-refractivity contribution in [1.29, 1.82) is 0 Å². The minimum atomic E-state index is -1.65. The average Bonchev–Trinajstić information content (AvgIpc) is 3.52. The zero-order valence-corrected chi connectivity index (χ0v) is 36.5. The Morgan fingerprint density at radius 2 is 0.966 bits per heavy atom. The van der Waals surface area contributed by atoms with Crippen LogP contribution in [0.25, 0.3) is 11.1 Å². The molecule has 10 heteroatoms. The van der Waals surface area contributed by atoms with Crippen molar-refractivity contribution < 1.29 is 19.0 Å². The molecule has 2 unspecified atom stereocenters. The number of ether oxygens (including phenoxy) is 3. The molecule has 6 rings (SSSR count). The van der Waals surface area contributed by atoms with Gasteiger partial charge in [-0.25, -0.2) is 4.79 Å². The number of nitrogens with one attached hydrogen (secondary N) is 2. The lowest BCUT2D eigenvalue weighted by molar-refractivity contribution is 0.0300. The number of cyclic esters (lactones) is 1. The molecule has 0 amide bonds. The van der Waals surface area contributed by atoms with Crippen LogP contribution in [0.2, 0.25) is 20.1 Å². The smallest absolute Gasteiger partial charge is 0.341 e. The van der Waals surface area contributed by atoms with Crippen LogP contribution in [0.4, 0.5) is 11.4 Å². The van der Waals surface area contributed by atoms with E-state index in [4.69, 9.17) is 60.6 Å². The second-order valence-corrected chi connectivity index (χ2v) is 16.1. The summed E-state index contributed by atoms with van der Waals surface area (Å²) in [7, 11) is 3.25. The first-order valence-corrected chi connectivity index (χ1v) is 21.0. The third-order valence-corrected chi connectivity index (χ3v) is 12.1. The van der Waals surface area contributed by atoms with E-state index >= 15 is 0 Å². The second-order valence-electron chi connectivity index (χ2n) is 14.6. The Bertz CT molecular complexity index is 2170. The summed E-state index contributed by atoms with van der Waals surface area (Å²) >= 11 is 27.4. The fraction of sp³-hybridized carbons (Fsp3) is 0.271. The molecule has 5 aromatic rings. The highest BCUT2D eigenvalue weighted by Gasteiger charge is 2.48. The van der Waals surface area contributed by atoms with Gasteiger partial charge < -0.3 is 24.8 Å². The maximum absolute atomic E-state index is 14.2. The number of rotatable bonds is 16. The average molecular weight is 859 g/mol.